The first-order valence-corrected chi connectivity index (χ1v) is 10.4. The topological polar surface area (TPSA) is 95.6 Å². The fraction of sp³-hybridized carbons (Fsp3) is 0.160. The van der Waals surface area contributed by atoms with E-state index in [1.165, 1.54) is 0 Å². The quantitative estimate of drug-likeness (QED) is 0.441. The highest BCUT2D eigenvalue weighted by atomic mass is 15.1. The van der Waals surface area contributed by atoms with Crippen LogP contribution in [-0.4, -0.2) is 19.5 Å². The Hall–Kier alpha value is -3.77. The molecule has 0 saturated heterocycles. The maximum atomic E-state index is 6.20. The van der Waals surface area contributed by atoms with Crippen molar-refractivity contribution in [2.75, 3.05) is 5.73 Å². The molecule has 1 aromatic carbocycles. The predicted molar refractivity (Wildman–Crippen MR) is 127 cm³/mol. The second kappa shape index (κ2) is 8.93. The van der Waals surface area contributed by atoms with Gasteiger partial charge in [-0.2, -0.15) is 0 Å². The molecule has 0 aliphatic heterocycles. The number of pyridine rings is 2. The smallest absolute Gasteiger partial charge is 0.165 e. The average Bonchev–Trinajstić information content (AvgIpc) is 3.17. The van der Waals surface area contributed by atoms with Crippen LogP contribution in [0, 0.1) is 0 Å². The summed E-state index contributed by atoms with van der Waals surface area (Å²) in [4.78, 5) is 14.1. The number of imidazole rings is 1. The summed E-state index contributed by atoms with van der Waals surface area (Å²) in [5.74, 6) is 1.14. The summed E-state index contributed by atoms with van der Waals surface area (Å²) in [5.41, 5.74) is 18.3. The van der Waals surface area contributed by atoms with Gasteiger partial charge in [0.15, 0.2) is 11.5 Å². The highest BCUT2D eigenvalue weighted by Crippen LogP contribution is 2.31. The third-order valence-electron chi connectivity index (χ3n) is 5.08. The van der Waals surface area contributed by atoms with Gasteiger partial charge in [0.2, 0.25) is 0 Å². The van der Waals surface area contributed by atoms with Crippen molar-refractivity contribution in [3.63, 3.8) is 0 Å². The van der Waals surface area contributed by atoms with E-state index in [2.05, 4.69) is 24.1 Å². The van der Waals surface area contributed by atoms with Crippen LogP contribution in [0.5, 0.6) is 0 Å². The normalized spacial score (nSPS) is 12.2. The lowest BCUT2D eigenvalue weighted by Crippen LogP contribution is -2.03. The molecule has 6 nitrogen and oxygen atoms in total. The van der Waals surface area contributed by atoms with E-state index < -0.39 is 0 Å². The van der Waals surface area contributed by atoms with Crippen LogP contribution in [-0.2, 0) is 6.54 Å². The van der Waals surface area contributed by atoms with Crippen LogP contribution in [0.25, 0.3) is 33.8 Å². The van der Waals surface area contributed by atoms with Crippen LogP contribution in [0.15, 0.2) is 73.0 Å². The molecule has 0 fully saturated rings. The maximum absolute atomic E-state index is 6.20. The monoisotopic (exact) mass is 410 g/mol. The van der Waals surface area contributed by atoms with E-state index >= 15 is 0 Å². The predicted octanol–water partition coefficient (Wildman–Crippen LogP) is 4.89. The number of nitrogens with two attached hydrogens (primary N) is 2. The summed E-state index contributed by atoms with van der Waals surface area (Å²) >= 11 is 0. The molecule has 4 aromatic rings. The number of benzene rings is 1. The molecule has 0 radical (unpaired) electrons. The van der Waals surface area contributed by atoms with Crippen molar-refractivity contribution in [3.8, 4) is 17.1 Å². The van der Waals surface area contributed by atoms with E-state index in [9.17, 15) is 0 Å². The molecule has 0 aliphatic carbocycles. The highest BCUT2D eigenvalue weighted by Gasteiger charge is 2.18. The zero-order chi connectivity index (χ0) is 21.8. The fourth-order valence-corrected chi connectivity index (χ4v) is 3.59. The first-order chi connectivity index (χ1) is 15.2. The van der Waals surface area contributed by atoms with Gasteiger partial charge in [0, 0.05) is 18.4 Å². The number of nitrogen functional groups attached to an aromatic ring is 1. The van der Waals surface area contributed by atoms with Gasteiger partial charge in [-0.25, -0.2) is 15.0 Å². The molecule has 3 aromatic heterocycles. The minimum Gasteiger partial charge on any atom is -0.383 e. The van der Waals surface area contributed by atoms with Crippen LogP contribution in [0.3, 0.4) is 0 Å². The molecule has 0 spiro atoms. The summed E-state index contributed by atoms with van der Waals surface area (Å²) in [6.07, 6.45) is 8.88. The molecule has 3 heterocycles. The van der Waals surface area contributed by atoms with Gasteiger partial charge >= 0.3 is 0 Å². The van der Waals surface area contributed by atoms with Crippen molar-refractivity contribution in [2.45, 2.75) is 26.8 Å². The number of allylic oxidation sites excluding steroid dienone is 4. The van der Waals surface area contributed by atoms with Gasteiger partial charge < -0.3 is 11.5 Å². The van der Waals surface area contributed by atoms with E-state index in [0.717, 1.165) is 45.7 Å². The van der Waals surface area contributed by atoms with E-state index in [1.807, 2.05) is 66.1 Å². The molecule has 31 heavy (non-hydrogen) atoms. The molecule has 4 N–H and O–H groups in total. The summed E-state index contributed by atoms with van der Waals surface area (Å²) in [5, 5.41) is 0. The van der Waals surface area contributed by atoms with Crippen LogP contribution < -0.4 is 11.5 Å². The minimum absolute atomic E-state index is 0.429. The molecular formula is C25H26N6. The molecule has 0 atom stereocenters. The molecule has 4 rings (SSSR count). The molecular weight excluding hydrogens is 384 g/mol. The van der Waals surface area contributed by atoms with E-state index in [1.54, 1.807) is 6.20 Å². The summed E-state index contributed by atoms with van der Waals surface area (Å²) in [6.45, 7) is 4.62. The lowest BCUT2D eigenvalue weighted by atomic mass is 10.1. The van der Waals surface area contributed by atoms with E-state index in [-0.39, 0.29) is 0 Å². The number of nitrogens with zero attached hydrogens (tertiary/aromatic N) is 4. The standard InChI is InChI=1S/C25H26N6/c1-3-6-18(7-4-2)21-13-14-22-25(29-21)31(19-11-9-17(16-26)10-12-19)24(30-22)20-8-5-15-28-23(20)27/h3,5-15H,4,16,26H2,1-2H3,(H2,27,28)/b6-3-,18-7+. The van der Waals surface area contributed by atoms with Crippen molar-refractivity contribution >= 4 is 22.6 Å². The molecule has 0 unspecified atom stereocenters. The Kier molecular flexibility index (Phi) is 5.91. The van der Waals surface area contributed by atoms with E-state index in [0.29, 0.717) is 18.2 Å². The Balaban J connectivity index is 2.01. The van der Waals surface area contributed by atoms with Crippen molar-refractivity contribution in [1.29, 1.82) is 0 Å². The zero-order valence-electron chi connectivity index (χ0n) is 17.8. The average molecular weight is 411 g/mol. The van der Waals surface area contributed by atoms with Crippen molar-refractivity contribution in [3.05, 3.63) is 84.2 Å². The molecule has 0 amide bonds. The minimum atomic E-state index is 0.429. The van der Waals surface area contributed by atoms with Crippen molar-refractivity contribution < 1.29 is 0 Å². The Bertz CT molecular complexity index is 1270. The third kappa shape index (κ3) is 3.98. The van der Waals surface area contributed by atoms with Gasteiger partial charge in [-0.3, -0.25) is 4.57 Å². The number of hydrogen-bond donors (Lipinski definition) is 2. The van der Waals surface area contributed by atoms with Gasteiger partial charge in [0.1, 0.15) is 11.3 Å². The second-order valence-electron chi connectivity index (χ2n) is 7.18. The lowest BCUT2D eigenvalue weighted by Gasteiger charge is -2.11. The van der Waals surface area contributed by atoms with Gasteiger partial charge in [-0.1, -0.05) is 37.3 Å². The Labute approximate surface area is 182 Å². The van der Waals surface area contributed by atoms with Crippen molar-refractivity contribution in [1.82, 2.24) is 19.5 Å². The summed E-state index contributed by atoms with van der Waals surface area (Å²) in [7, 11) is 0. The first-order valence-electron chi connectivity index (χ1n) is 10.4. The Morgan fingerprint density at radius 1 is 1.06 bits per heavy atom. The summed E-state index contributed by atoms with van der Waals surface area (Å²) < 4.78 is 2.03. The van der Waals surface area contributed by atoms with Gasteiger partial charge in [0.25, 0.3) is 0 Å². The van der Waals surface area contributed by atoms with Crippen LogP contribution in [0.1, 0.15) is 31.5 Å². The fourth-order valence-electron chi connectivity index (χ4n) is 3.59. The largest absolute Gasteiger partial charge is 0.383 e. The van der Waals surface area contributed by atoms with Crippen LogP contribution in [0.2, 0.25) is 0 Å². The second-order valence-corrected chi connectivity index (χ2v) is 7.18. The number of rotatable bonds is 6. The molecule has 0 bridgehead atoms. The molecule has 0 aliphatic rings. The first kappa shape index (κ1) is 20.5. The van der Waals surface area contributed by atoms with Gasteiger partial charge in [-0.05, 0) is 60.9 Å². The number of anilines is 1. The Morgan fingerprint density at radius 2 is 1.87 bits per heavy atom. The third-order valence-corrected chi connectivity index (χ3v) is 5.08. The number of fused-ring (bicyclic) bond motifs is 1. The maximum Gasteiger partial charge on any atom is 0.165 e. The zero-order valence-corrected chi connectivity index (χ0v) is 17.8. The highest BCUT2D eigenvalue weighted by molar-refractivity contribution is 5.85. The van der Waals surface area contributed by atoms with E-state index in [4.69, 9.17) is 21.4 Å². The Morgan fingerprint density at radius 3 is 2.55 bits per heavy atom. The number of aromatic nitrogens is 4. The van der Waals surface area contributed by atoms with Crippen LogP contribution >= 0.6 is 0 Å². The number of hydrogen-bond acceptors (Lipinski definition) is 5. The molecule has 156 valence electrons. The molecule has 0 saturated carbocycles. The lowest BCUT2D eigenvalue weighted by molar-refractivity contribution is 1.04. The van der Waals surface area contributed by atoms with Crippen molar-refractivity contribution in [2.24, 2.45) is 5.73 Å². The van der Waals surface area contributed by atoms with Gasteiger partial charge in [0.05, 0.1) is 11.3 Å². The molecule has 6 heteroatoms. The summed E-state index contributed by atoms with van der Waals surface area (Å²) in [6, 6.07) is 15.9. The SMILES string of the molecule is C/C=C\C(=C/CC)c1ccc2nc(-c3cccnc3N)n(-c3ccc(CN)cc3)c2n1. The van der Waals surface area contributed by atoms with Gasteiger partial charge in [-0.15, -0.1) is 0 Å². The van der Waals surface area contributed by atoms with Crippen LogP contribution in [0.4, 0.5) is 5.82 Å².